The van der Waals surface area contributed by atoms with Crippen LogP contribution in [0.2, 0.25) is 0 Å². The SMILES string of the molecule is C=C/C=C\C(=C/C)OC/C(=C/C(=C)C(C)CCCC)OC.CC.CC.CC.CC(=O)C(F)(F)C1(O)CC(C)(C)CC(C)(C)C1. The van der Waals surface area contributed by atoms with Crippen LogP contribution in [0.15, 0.2) is 60.6 Å². The zero-order chi connectivity index (χ0) is 35.8. The lowest BCUT2D eigenvalue weighted by atomic mass is 9.58. The summed E-state index contributed by atoms with van der Waals surface area (Å²) in [4.78, 5) is 11.1. The minimum Gasteiger partial charge on any atom is -0.497 e. The van der Waals surface area contributed by atoms with Gasteiger partial charge in [-0.3, -0.25) is 4.79 Å². The van der Waals surface area contributed by atoms with Gasteiger partial charge >= 0.3 is 5.92 Å². The summed E-state index contributed by atoms with van der Waals surface area (Å²) in [6, 6.07) is 0. The van der Waals surface area contributed by atoms with Gasteiger partial charge < -0.3 is 14.6 Å². The molecule has 4 nitrogen and oxygen atoms in total. The first-order chi connectivity index (χ1) is 20.4. The van der Waals surface area contributed by atoms with Crippen molar-refractivity contribution < 1.29 is 28.2 Å². The van der Waals surface area contributed by atoms with Crippen LogP contribution in [0.25, 0.3) is 0 Å². The van der Waals surface area contributed by atoms with Crippen LogP contribution in [0.3, 0.4) is 0 Å². The van der Waals surface area contributed by atoms with Gasteiger partial charge in [0.1, 0.15) is 23.7 Å². The molecule has 0 aromatic heterocycles. The average Bonchev–Trinajstić information content (AvgIpc) is 2.96. The summed E-state index contributed by atoms with van der Waals surface area (Å²) < 4.78 is 38.9. The zero-order valence-electron chi connectivity index (χ0n) is 31.3. The molecule has 0 amide bonds. The second-order valence-corrected chi connectivity index (χ2v) is 12.0. The van der Waals surface area contributed by atoms with E-state index in [1.165, 1.54) is 12.8 Å². The topological polar surface area (TPSA) is 55.8 Å². The molecule has 1 aliphatic rings. The van der Waals surface area contributed by atoms with E-state index in [0.29, 0.717) is 12.5 Å². The molecule has 1 atom stereocenters. The van der Waals surface area contributed by atoms with Crippen molar-refractivity contribution in [1.29, 1.82) is 0 Å². The molecule has 44 heavy (non-hydrogen) atoms. The Morgan fingerprint density at radius 2 is 1.50 bits per heavy atom. The van der Waals surface area contributed by atoms with E-state index in [1.54, 1.807) is 13.2 Å². The van der Waals surface area contributed by atoms with Crippen molar-refractivity contribution in [2.24, 2.45) is 16.7 Å². The van der Waals surface area contributed by atoms with Crippen LogP contribution >= 0.6 is 0 Å². The zero-order valence-corrected chi connectivity index (χ0v) is 31.3. The maximum absolute atomic E-state index is 13.9. The van der Waals surface area contributed by atoms with E-state index in [-0.39, 0.29) is 12.8 Å². The number of ether oxygens (including phenoxy) is 2. The van der Waals surface area contributed by atoms with E-state index >= 15 is 0 Å². The van der Waals surface area contributed by atoms with E-state index < -0.39 is 28.1 Å². The highest BCUT2D eigenvalue weighted by atomic mass is 19.3. The van der Waals surface area contributed by atoms with Crippen molar-refractivity contribution in [1.82, 2.24) is 0 Å². The molecule has 1 unspecified atom stereocenters. The first-order valence-corrected chi connectivity index (χ1v) is 16.5. The maximum atomic E-state index is 13.9. The molecule has 0 bridgehead atoms. The average molecular weight is 629 g/mol. The summed E-state index contributed by atoms with van der Waals surface area (Å²) in [6.07, 6.45) is 13.6. The molecule has 1 fully saturated rings. The normalized spacial score (nSPS) is 17.4. The van der Waals surface area contributed by atoms with Gasteiger partial charge in [-0.15, -0.1) is 0 Å². The summed E-state index contributed by atoms with van der Waals surface area (Å²) in [5.74, 6) is -2.87. The number of carbonyl (C=O) groups is 1. The highest BCUT2D eigenvalue weighted by molar-refractivity contribution is 5.84. The highest BCUT2D eigenvalue weighted by Crippen LogP contribution is 2.54. The summed E-state index contributed by atoms with van der Waals surface area (Å²) in [5.41, 5.74) is -1.91. The lowest BCUT2D eigenvalue weighted by Gasteiger charge is -2.51. The first kappa shape index (κ1) is 48.7. The van der Waals surface area contributed by atoms with Gasteiger partial charge in [-0.1, -0.05) is 121 Å². The molecule has 6 heteroatoms. The van der Waals surface area contributed by atoms with Crippen LogP contribution in [-0.4, -0.2) is 36.1 Å². The van der Waals surface area contributed by atoms with Crippen molar-refractivity contribution >= 4 is 5.78 Å². The van der Waals surface area contributed by atoms with Crippen molar-refractivity contribution in [3.63, 3.8) is 0 Å². The molecule has 1 rings (SSSR count). The minimum atomic E-state index is -3.66. The smallest absolute Gasteiger partial charge is 0.332 e. The van der Waals surface area contributed by atoms with Crippen molar-refractivity contribution in [3.05, 3.63) is 60.6 Å². The second kappa shape index (κ2) is 25.0. The first-order valence-electron chi connectivity index (χ1n) is 16.5. The Hall–Kier alpha value is -2.21. The van der Waals surface area contributed by atoms with Crippen LogP contribution in [0.4, 0.5) is 8.78 Å². The standard InChI is InChI=1S/C19H30O2.C13H22F2O2.3C2H6/c1-7-10-12-16(4)17(5)14-19(20-6)15-21-18(9-3)13-11-8-2;1-9(16)13(14,15)12(17)7-10(2,3)6-11(4,5)8-12;3*1-2/h8-9,11,13-14,16H,2,5,7,10,12,15H2,1,3-4,6H3;17H,6-8H2,1-5H3;3*1-2H3/b13-11-,18-9+,19-14-;;;;. The van der Waals surface area contributed by atoms with Crippen molar-refractivity contribution in [2.75, 3.05) is 13.7 Å². The molecule has 1 N–H and O–H groups in total. The third-order valence-corrected chi connectivity index (χ3v) is 6.82. The number of unbranched alkanes of at least 4 members (excludes halogenated alkanes) is 1. The number of ketones is 1. The van der Waals surface area contributed by atoms with Gasteiger partial charge in [0.25, 0.3) is 0 Å². The Kier molecular flexibility index (Phi) is 27.7. The van der Waals surface area contributed by atoms with Gasteiger partial charge in [-0.25, -0.2) is 0 Å². The van der Waals surface area contributed by atoms with Gasteiger partial charge in [0, 0.05) is 6.92 Å². The Morgan fingerprint density at radius 1 is 1.02 bits per heavy atom. The van der Waals surface area contributed by atoms with Gasteiger partial charge in [0.2, 0.25) is 5.78 Å². The summed E-state index contributed by atoms with van der Waals surface area (Å²) in [6.45, 7) is 34.8. The molecule has 260 valence electrons. The number of allylic oxidation sites excluding steroid dienone is 6. The Balaban J connectivity index is -0.000000314. The van der Waals surface area contributed by atoms with E-state index in [4.69, 9.17) is 9.47 Å². The predicted molar refractivity (Wildman–Crippen MR) is 188 cm³/mol. The molecule has 0 aromatic carbocycles. The third-order valence-electron chi connectivity index (χ3n) is 6.82. The molecular weight excluding hydrogens is 558 g/mol. The number of hydrogen-bond donors (Lipinski definition) is 1. The van der Waals surface area contributed by atoms with Crippen LogP contribution in [0.5, 0.6) is 0 Å². The number of halogens is 2. The number of rotatable bonds is 13. The van der Waals surface area contributed by atoms with Gasteiger partial charge in [-0.05, 0) is 73.2 Å². The number of carbonyl (C=O) groups excluding carboxylic acids is 1. The molecule has 1 aliphatic carbocycles. The molecule has 0 radical (unpaired) electrons. The van der Waals surface area contributed by atoms with Crippen LogP contribution in [0, 0.1) is 16.7 Å². The minimum absolute atomic E-state index is 0.0456. The van der Waals surface area contributed by atoms with Crippen LogP contribution in [0.1, 0.15) is 135 Å². The summed E-state index contributed by atoms with van der Waals surface area (Å²) in [7, 11) is 1.66. The maximum Gasteiger partial charge on any atom is 0.332 e. The van der Waals surface area contributed by atoms with Crippen molar-refractivity contribution in [3.8, 4) is 0 Å². The fourth-order valence-electron chi connectivity index (χ4n) is 5.37. The van der Waals surface area contributed by atoms with Crippen LogP contribution in [-0.2, 0) is 14.3 Å². The molecular formula is C38H70F2O4. The largest absolute Gasteiger partial charge is 0.497 e. The van der Waals surface area contributed by atoms with E-state index in [9.17, 15) is 18.7 Å². The fraction of sp³-hybridized carbons (Fsp3) is 0.711. The van der Waals surface area contributed by atoms with Crippen LogP contribution < -0.4 is 0 Å². The third kappa shape index (κ3) is 19.2. The Bertz CT molecular complexity index is 863. The molecule has 1 saturated carbocycles. The van der Waals surface area contributed by atoms with Gasteiger partial charge in [-0.2, -0.15) is 8.78 Å². The number of Topliss-reactive ketones (excluding diaryl/α,β-unsaturated/α-hetero) is 1. The molecule has 0 spiro atoms. The lowest BCUT2D eigenvalue weighted by molar-refractivity contribution is -0.221. The van der Waals surface area contributed by atoms with E-state index in [0.717, 1.165) is 36.9 Å². The van der Waals surface area contributed by atoms with E-state index in [1.807, 2.05) is 100 Å². The van der Waals surface area contributed by atoms with Crippen molar-refractivity contribution in [2.45, 2.75) is 147 Å². The summed E-state index contributed by atoms with van der Waals surface area (Å²) >= 11 is 0. The predicted octanol–water partition coefficient (Wildman–Crippen LogP) is 11.8. The Morgan fingerprint density at radius 3 is 1.86 bits per heavy atom. The molecule has 0 aromatic rings. The van der Waals surface area contributed by atoms with Gasteiger partial charge in [0.05, 0.1) is 7.11 Å². The molecule has 0 saturated heterocycles. The van der Waals surface area contributed by atoms with E-state index in [2.05, 4.69) is 27.0 Å². The highest BCUT2D eigenvalue weighted by Gasteiger charge is 2.62. The second-order valence-electron chi connectivity index (χ2n) is 12.0. The van der Waals surface area contributed by atoms with Gasteiger partial charge in [0.15, 0.2) is 0 Å². The Labute approximate surface area is 271 Å². The number of alkyl halides is 2. The number of methoxy groups -OCH3 is 1. The molecule has 0 heterocycles. The summed E-state index contributed by atoms with van der Waals surface area (Å²) in [5, 5.41) is 10.3. The molecule has 0 aliphatic heterocycles. The lowest BCUT2D eigenvalue weighted by Crippen LogP contribution is -2.59. The quantitative estimate of drug-likeness (QED) is 0.163. The number of aliphatic hydroxyl groups is 1. The monoisotopic (exact) mass is 629 g/mol. The number of hydrogen-bond acceptors (Lipinski definition) is 4. The fourth-order valence-corrected chi connectivity index (χ4v) is 5.37.